The maximum atomic E-state index is 4.52. The van der Waals surface area contributed by atoms with E-state index in [-0.39, 0.29) is 0 Å². The van der Waals surface area contributed by atoms with Gasteiger partial charge in [-0.25, -0.2) is 0 Å². The Balaban J connectivity index is 2.10. The monoisotopic (exact) mass is 213 g/mol. The van der Waals surface area contributed by atoms with E-state index in [1.165, 1.54) is 5.56 Å². The molecule has 0 aliphatic carbocycles. The van der Waals surface area contributed by atoms with Gasteiger partial charge in [0.1, 0.15) is 11.7 Å². The lowest BCUT2D eigenvalue weighted by Crippen LogP contribution is -2.34. The average Bonchev–Trinajstić information content (AvgIpc) is 2.32. The van der Waals surface area contributed by atoms with Crippen LogP contribution in [0.25, 0.3) is 0 Å². The van der Waals surface area contributed by atoms with Crippen molar-refractivity contribution in [2.45, 2.75) is 13.5 Å². The molecule has 0 unspecified atom stereocenters. The third-order valence-corrected chi connectivity index (χ3v) is 2.37. The molecule has 0 bridgehead atoms. The maximum absolute atomic E-state index is 4.52. The smallest absolute Gasteiger partial charge is 0.131 e. The van der Waals surface area contributed by atoms with Crippen molar-refractivity contribution < 1.29 is 0 Å². The molecule has 0 saturated carbocycles. The number of benzene rings is 1. The van der Waals surface area contributed by atoms with Gasteiger partial charge in [-0.2, -0.15) is 0 Å². The summed E-state index contributed by atoms with van der Waals surface area (Å²) in [6, 6.07) is 10.2. The molecule has 0 atom stereocenters. The highest BCUT2D eigenvalue weighted by molar-refractivity contribution is 5.99. The predicted molar refractivity (Wildman–Crippen MR) is 66.7 cm³/mol. The number of rotatable bonds is 2. The molecule has 1 aliphatic heterocycles. The summed E-state index contributed by atoms with van der Waals surface area (Å²) in [5.74, 6) is 1.64. The normalized spacial score (nSPS) is 17.7. The van der Waals surface area contributed by atoms with Gasteiger partial charge in [0, 0.05) is 11.8 Å². The molecule has 1 aromatic carbocycles. The molecule has 0 aromatic heterocycles. The van der Waals surface area contributed by atoms with E-state index in [4.69, 9.17) is 0 Å². The summed E-state index contributed by atoms with van der Waals surface area (Å²) in [4.78, 5) is 4.52. The highest BCUT2D eigenvalue weighted by Gasteiger charge is 2.07. The second-order valence-corrected chi connectivity index (χ2v) is 3.73. The van der Waals surface area contributed by atoms with Gasteiger partial charge >= 0.3 is 0 Å². The fraction of sp³-hybridized carbons (Fsp3) is 0.154. The minimum absolute atomic E-state index is 0.682. The fourth-order valence-corrected chi connectivity index (χ4v) is 1.46. The first-order chi connectivity index (χ1) is 7.75. The highest BCUT2D eigenvalue weighted by atomic mass is 15.1. The third kappa shape index (κ3) is 2.51. The molecule has 0 fully saturated rings. The van der Waals surface area contributed by atoms with Crippen LogP contribution in [0.1, 0.15) is 12.5 Å². The van der Waals surface area contributed by atoms with Gasteiger partial charge in [-0.05, 0) is 12.5 Å². The molecule has 1 aromatic rings. The Labute approximate surface area is 95.6 Å². The number of hydrogen-bond acceptors (Lipinski definition) is 2. The van der Waals surface area contributed by atoms with Crippen LogP contribution in [0.2, 0.25) is 0 Å². The molecule has 82 valence electrons. The van der Waals surface area contributed by atoms with Crippen molar-refractivity contribution in [3.8, 4) is 0 Å². The maximum Gasteiger partial charge on any atom is 0.131 e. The Morgan fingerprint density at radius 1 is 1.25 bits per heavy atom. The van der Waals surface area contributed by atoms with Crippen molar-refractivity contribution in [3.05, 3.63) is 60.1 Å². The Bertz CT molecular complexity index is 444. The van der Waals surface area contributed by atoms with E-state index in [2.05, 4.69) is 34.3 Å². The van der Waals surface area contributed by atoms with E-state index in [0.717, 1.165) is 17.2 Å². The summed E-state index contributed by atoms with van der Waals surface area (Å²) in [6.45, 7) is 6.50. The van der Waals surface area contributed by atoms with Crippen molar-refractivity contribution in [1.82, 2.24) is 10.6 Å². The summed E-state index contributed by atoms with van der Waals surface area (Å²) in [7, 11) is 0. The van der Waals surface area contributed by atoms with Crippen LogP contribution >= 0.6 is 0 Å². The molecule has 3 nitrogen and oxygen atoms in total. The zero-order valence-electron chi connectivity index (χ0n) is 9.33. The van der Waals surface area contributed by atoms with Gasteiger partial charge in [0.15, 0.2) is 0 Å². The van der Waals surface area contributed by atoms with Gasteiger partial charge in [0.25, 0.3) is 0 Å². The average molecular weight is 213 g/mol. The van der Waals surface area contributed by atoms with Gasteiger partial charge in [-0.3, -0.25) is 4.99 Å². The molecule has 1 aliphatic rings. The summed E-state index contributed by atoms with van der Waals surface area (Å²) >= 11 is 0. The van der Waals surface area contributed by atoms with Crippen LogP contribution in [0.3, 0.4) is 0 Å². The molecule has 2 N–H and O–H groups in total. The van der Waals surface area contributed by atoms with Crippen LogP contribution < -0.4 is 10.6 Å². The lowest BCUT2D eigenvalue weighted by molar-refractivity contribution is 0.896. The number of nitrogens with zero attached hydrogens (tertiary/aromatic N) is 1. The topological polar surface area (TPSA) is 36.4 Å². The van der Waals surface area contributed by atoms with E-state index >= 15 is 0 Å². The lowest BCUT2D eigenvalue weighted by Gasteiger charge is -2.18. The second-order valence-electron chi connectivity index (χ2n) is 3.73. The van der Waals surface area contributed by atoms with Crippen molar-refractivity contribution in [2.75, 3.05) is 0 Å². The second kappa shape index (κ2) is 4.66. The zero-order chi connectivity index (χ0) is 11.4. The summed E-state index contributed by atoms with van der Waals surface area (Å²) in [5.41, 5.74) is 2.29. The first-order valence-corrected chi connectivity index (χ1v) is 5.23. The van der Waals surface area contributed by atoms with Gasteiger partial charge in [-0.1, -0.05) is 36.9 Å². The highest BCUT2D eigenvalue weighted by Crippen LogP contribution is 2.05. The van der Waals surface area contributed by atoms with E-state index < -0.39 is 0 Å². The predicted octanol–water partition coefficient (Wildman–Crippen LogP) is 2.15. The van der Waals surface area contributed by atoms with Gasteiger partial charge in [0.05, 0.1) is 6.54 Å². The van der Waals surface area contributed by atoms with Crippen molar-refractivity contribution in [3.63, 3.8) is 0 Å². The quantitative estimate of drug-likeness (QED) is 0.789. The van der Waals surface area contributed by atoms with E-state index in [9.17, 15) is 0 Å². The van der Waals surface area contributed by atoms with Crippen molar-refractivity contribution >= 4 is 5.84 Å². The van der Waals surface area contributed by atoms with Gasteiger partial charge in [-0.15, -0.1) is 0 Å². The first-order valence-electron chi connectivity index (χ1n) is 5.23. The van der Waals surface area contributed by atoms with E-state index in [1.807, 2.05) is 31.3 Å². The van der Waals surface area contributed by atoms with Crippen molar-refractivity contribution in [2.24, 2.45) is 4.99 Å². The van der Waals surface area contributed by atoms with Crippen LogP contribution in [0.4, 0.5) is 0 Å². The van der Waals surface area contributed by atoms with Gasteiger partial charge < -0.3 is 10.6 Å². The SMILES string of the molecule is C=C1NC=C(C)C(=NCc2ccccc2)N1. The van der Waals surface area contributed by atoms with Crippen LogP contribution in [-0.2, 0) is 6.54 Å². The zero-order valence-corrected chi connectivity index (χ0v) is 9.33. The van der Waals surface area contributed by atoms with Crippen LogP contribution in [0.15, 0.2) is 59.5 Å². The minimum Gasteiger partial charge on any atom is -0.348 e. The standard InChI is InChI=1S/C13H15N3/c1-10-8-14-11(2)16-13(10)15-9-12-6-4-3-5-7-12/h3-8,14H,2,9H2,1H3,(H,15,16). The van der Waals surface area contributed by atoms with E-state index in [0.29, 0.717) is 6.54 Å². The summed E-state index contributed by atoms with van der Waals surface area (Å²) < 4.78 is 0. The number of amidine groups is 1. The Kier molecular flexibility index (Phi) is 3.05. The minimum atomic E-state index is 0.682. The molecule has 0 saturated heterocycles. The Hall–Kier alpha value is -2.03. The molecule has 3 heteroatoms. The third-order valence-electron chi connectivity index (χ3n) is 2.37. The fourth-order valence-electron chi connectivity index (χ4n) is 1.46. The Morgan fingerprint density at radius 2 is 2.00 bits per heavy atom. The van der Waals surface area contributed by atoms with Crippen LogP contribution in [0, 0.1) is 0 Å². The lowest BCUT2D eigenvalue weighted by atomic mass is 10.2. The molecular weight excluding hydrogens is 198 g/mol. The summed E-state index contributed by atoms with van der Waals surface area (Å²) in [5, 5.41) is 6.12. The summed E-state index contributed by atoms with van der Waals surface area (Å²) in [6.07, 6.45) is 1.91. The molecule has 16 heavy (non-hydrogen) atoms. The van der Waals surface area contributed by atoms with Crippen LogP contribution in [-0.4, -0.2) is 5.84 Å². The number of aliphatic imine (C=N–C) groups is 1. The molecular formula is C13H15N3. The molecule has 0 amide bonds. The first kappa shape index (κ1) is 10.5. The number of nitrogens with one attached hydrogen (secondary N) is 2. The van der Waals surface area contributed by atoms with E-state index in [1.54, 1.807) is 0 Å². The van der Waals surface area contributed by atoms with Crippen molar-refractivity contribution in [1.29, 1.82) is 0 Å². The molecule has 1 heterocycles. The van der Waals surface area contributed by atoms with Crippen LogP contribution in [0.5, 0.6) is 0 Å². The largest absolute Gasteiger partial charge is 0.348 e. The number of hydrogen-bond donors (Lipinski definition) is 2. The Morgan fingerprint density at radius 3 is 2.75 bits per heavy atom. The molecule has 0 radical (unpaired) electrons. The van der Waals surface area contributed by atoms with Gasteiger partial charge in [0.2, 0.25) is 0 Å². The molecule has 0 spiro atoms. The molecule has 2 rings (SSSR count).